The lowest BCUT2D eigenvalue weighted by molar-refractivity contribution is -0.141. The highest BCUT2D eigenvalue weighted by atomic mass is 16.5. The third-order valence-electron chi connectivity index (χ3n) is 3.77. The lowest BCUT2D eigenvalue weighted by Crippen LogP contribution is -2.48. The molecule has 0 radical (unpaired) electrons. The molecule has 2 heterocycles. The van der Waals surface area contributed by atoms with Crippen LogP contribution in [0.3, 0.4) is 0 Å². The first-order valence-electron chi connectivity index (χ1n) is 6.56. The summed E-state index contributed by atoms with van der Waals surface area (Å²) in [7, 11) is 0. The fraction of sp³-hybridized carbons (Fsp3) is 0.333. The third kappa shape index (κ3) is 1.41. The van der Waals surface area contributed by atoms with Crippen LogP contribution in [0.2, 0.25) is 0 Å². The fourth-order valence-corrected chi connectivity index (χ4v) is 2.75. The van der Waals surface area contributed by atoms with Gasteiger partial charge in [-0.25, -0.2) is 4.98 Å². The van der Waals surface area contributed by atoms with Crippen molar-refractivity contribution in [1.82, 2.24) is 9.38 Å². The van der Waals surface area contributed by atoms with Gasteiger partial charge in [0.15, 0.2) is 0 Å². The lowest BCUT2D eigenvalue weighted by Gasteiger charge is -2.38. The Kier molecular flexibility index (Phi) is 2.69. The minimum atomic E-state index is -1.69. The quantitative estimate of drug-likeness (QED) is 0.924. The zero-order valence-corrected chi connectivity index (χ0v) is 11.7. The van der Waals surface area contributed by atoms with Crippen molar-refractivity contribution in [3.8, 4) is 0 Å². The van der Waals surface area contributed by atoms with Gasteiger partial charge in [0.05, 0.1) is 18.3 Å². The monoisotopic (exact) mass is 272 g/mol. The summed E-state index contributed by atoms with van der Waals surface area (Å²) < 4.78 is 7.31. The molecule has 1 N–H and O–H groups in total. The lowest BCUT2D eigenvalue weighted by atomic mass is 9.73. The Bertz CT molecular complexity index is 745. The molecule has 20 heavy (non-hydrogen) atoms. The number of nitrogens with zero attached hydrogens (tertiary/aromatic N) is 2. The van der Waals surface area contributed by atoms with E-state index in [0.29, 0.717) is 29.0 Å². The number of rotatable bonds is 3. The summed E-state index contributed by atoms with van der Waals surface area (Å²) in [5.41, 5.74) is 0.0209. The number of hydrogen-bond acceptors (Lipinski definition) is 4. The maximum Gasteiger partial charge on any atom is 0.212 e. The summed E-state index contributed by atoms with van der Waals surface area (Å²) in [6.07, 6.45) is 3.51. The number of fused-ring (bicyclic) bond motifs is 1. The van der Waals surface area contributed by atoms with E-state index >= 15 is 0 Å². The molecule has 0 saturated carbocycles. The molecule has 0 saturated heterocycles. The number of pyridine rings is 1. The molecule has 2 aromatic heterocycles. The standard InChI is InChI=1S/C15H16N2O3/c1-4-20-14-9(2)13(18)15(14,19)11-6-5-7-17-10(3)16-8-12(11)17/h5-8,19H,4H2,1-3H3. The van der Waals surface area contributed by atoms with Gasteiger partial charge in [0.25, 0.3) is 0 Å². The van der Waals surface area contributed by atoms with E-state index in [4.69, 9.17) is 4.74 Å². The molecular weight excluding hydrogens is 256 g/mol. The first-order valence-corrected chi connectivity index (χ1v) is 6.56. The highest BCUT2D eigenvalue weighted by molar-refractivity contribution is 6.12. The molecule has 2 aromatic rings. The average Bonchev–Trinajstić information content (AvgIpc) is 2.85. The van der Waals surface area contributed by atoms with Crippen LogP contribution in [0.1, 0.15) is 25.2 Å². The Labute approximate surface area is 116 Å². The normalized spacial score (nSPS) is 22.3. The van der Waals surface area contributed by atoms with E-state index in [9.17, 15) is 9.90 Å². The Morgan fingerprint density at radius 2 is 2.20 bits per heavy atom. The van der Waals surface area contributed by atoms with Gasteiger partial charge in [-0.1, -0.05) is 6.07 Å². The van der Waals surface area contributed by atoms with Crippen LogP contribution in [0.4, 0.5) is 0 Å². The molecule has 1 atom stereocenters. The van der Waals surface area contributed by atoms with Crippen LogP contribution < -0.4 is 0 Å². The van der Waals surface area contributed by atoms with Gasteiger partial charge in [0, 0.05) is 17.3 Å². The van der Waals surface area contributed by atoms with Gasteiger partial charge in [0.1, 0.15) is 11.6 Å². The van der Waals surface area contributed by atoms with Gasteiger partial charge >= 0.3 is 0 Å². The summed E-state index contributed by atoms with van der Waals surface area (Å²) in [6, 6.07) is 3.53. The Balaban J connectivity index is 2.23. The second-order valence-electron chi connectivity index (χ2n) is 4.91. The highest BCUT2D eigenvalue weighted by Gasteiger charge is 2.55. The predicted octanol–water partition coefficient (Wildman–Crippen LogP) is 1.72. The number of aliphatic hydroxyl groups is 1. The molecule has 1 aliphatic rings. The van der Waals surface area contributed by atoms with E-state index in [2.05, 4.69) is 4.98 Å². The van der Waals surface area contributed by atoms with Gasteiger partial charge in [-0.05, 0) is 26.8 Å². The van der Waals surface area contributed by atoms with Crippen LogP contribution in [0.15, 0.2) is 35.9 Å². The number of ether oxygens (including phenoxy) is 1. The molecule has 0 aromatic carbocycles. The molecular formula is C15H16N2O3. The number of carbonyl (C=O) groups excluding carboxylic acids is 1. The van der Waals surface area contributed by atoms with Gasteiger partial charge in [-0.2, -0.15) is 0 Å². The second-order valence-corrected chi connectivity index (χ2v) is 4.91. The van der Waals surface area contributed by atoms with Crippen LogP contribution in [0, 0.1) is 6.92 Å². The summed E-state index contributed by atoms with van der Waals surface area (Å²) in [6.45, 7) is 5.77. The Morgan fingerprint density at radius 1 is 1.45 bits per heavy atom. The Morgan fingerprint density at radius 3 is 2.90 bits per heavy atom. The number of aryl methyl sites for hydroxylation is 1. The van der Waals surface area contributed by atoms with Crippen molar-refractivity contribution < 1.29 is 14.6 Å². The topological polar surface area (TPSA) is 63.8 Å². The van der Waals surface area contributed by atoms with Crippen molar-refractivity contribution in [1.29, 1.82) is 0 Å². The van der Waals surface area contributed by atoms with E-state index < -0.39 is 5.60 Å². The van der Waals surface area contributed by atoms with Gasteiger partial charge in [0.2, 0.25) is 11.4 Å². The van der Waals surface area contributed by atoms with Crippen molar-refractivity contribution in [3.05, 3.63) is 47.2 Å². The van der Waals surface area contributed by atoms with Crippen LogP contribution in [-0.2, 0) is 15.1 Å². The molecule has 104 valence electrons. The number of hydrogen-bond donors (Lipinski definition) is 1. The summed E-state index contributed by atoms with van der Waals surface area (Å²) in [5.74, 6) is 0.834. The smallest absolute Gasteiger partial charge is 0.212 e. The van der Waals surface area contributed by atoms with Crippen molar-refractivity contribution in [2.45, 2.75) is 26.4 Å². The summed E-state index contributed by atoms with van der Waals surface area (Å²) in [5, 5.41) is 10.8. The summed E-state index contributed by atoms with van der Waals surface area (Å²) in [4.78, 5) is 16.4. The zero-order chi connectivity index (χ0) is 14.5. The zero-order valence-electron chi connectivity index (χ0n) is 11.7. The SMILES string of the molecule is CCOC1=C(C)C(=O)C1(O)c1cccn2c(C)ncc12. The molecule has 1 aliphatic carbocycles. The van der Waals surface area contributed by atoms with Crippen LogP contribution >= 0.6 is 0 Å². The number of imidazole rings is 1. The third-order valence-corrected chi connectivity index (χ3v) is 3.77. The van der Waals surface area contributed by atoms with E-state index in [1.807, 2.05) is 24.4 Å². The number of aromatic nitrogens is 2. The number of carbonyl (C=O) groups is 1. The molecule has 5 nitrogen and oxygen atoms in total. The van der Waals surface area contributed by atoms with Crippen LogP contribution in [-0.4, -0.2) is 26.9 Å². The number of Topliss-reactive ketones (excluding diaryl/α,β-unsaturated/α-hetero) is 1. The van der Waals surface area contributed by atoms with Gasteiger partial charge < -0.3 is 14.2 Å². The fourth-order valence-electron chi connectivity index (χ4n) is 2.75. The molecule has 5 heteroatoms. The first kappa shape index (κ1) is 12.9. The Hall–Kier alpha value is -2.14. The largest absolute Gasteiger partial charge is 0.494 e. The molecule has 0 bridgehead atoms. The van der Waals surface area contributed by atoms with Crippen LogP contribution in [0.5, 0.6) is 0 Å². The van der Waals surface area contributed by atoms with Crippen molar-refractivity contribution in [2.75, 3.05) is 6.61 Å². The average molecular weight is 272 g/mol. The maximum absolute atomic E-state index is 12.2. The highest BCUT2D eigenvalue weighted by Crippen LogP contribution is 2.45. The van der Waals surface area contributed by atoms with E-state index in [-0.39, 0.29) is 5.78 Å². The predicted molar refractivity (Wildman–Crippen MR) is 73.2 cm³/mol. The van der Waals surface area contributed by atoms with E-state index in [0.717, 1.165) is 5.82 Å². The van der Waals surface area contributed by atoms with Crippen molar-refractivity contribution in [3.63, 3.8) is 0 Å². The van der Waals surface area contributed by atoms with Crippen molar-refractivity contribution >= 4 is 11.3 Å². The molecule has 0 aliphatic heterocycles. The molecule has 3 rings (SSSR count). The first-order chi connectivity index (χ1) is 9.51. The molecule has 1 unspecified atom stereocenters. The second kappa shape index (κ2) is 4.18. The molecule has 0 fully saturated rings. The van der Waals surface area contributed by atoms with E-state index in [1.165, 1.54) is 0 Å². The van der Waals surface area contributed by atoms with Crippen molar-refractivity contribution in [2.24, 2.45) is 0 Å². The number of ketones is 1. The molecule has 0 spiro atoms. The van der Waals surface area contributed by atoms with Crippen LogP contribution in [0.25, 0.3) is 5.52 Å². The summed E-state index contributed by atoms with van der Waals surface area (Å²) >= 11 is 0. The van der Waals surface area contributed by atoms with Gasteiger partial charge in [-0.3, -0.25) is 4.79 Å². The minimum Gasteiger partial charge on any atom is -0.494 e. The maximum atomic E-state index is 12.2. The van der Waals surface area contributed by atoms with Gasteiger partial charge in [-0.15, -0.1) is 0 Å². The minimum absolute atomic E-state index is 0.312. The molecule has 0 amide bonds. The van der Waals surface area contributed by atoms with E-state index in [1.54, 1.807) is 25.3 Å².